The molecule has 10 heavy (non-hydrogen) atoms. The van der Waals surface area contributed by atoms with Gasteiger partial charge in [0.05, 0.1) is 0 Å². The second-order valence-electron chi connectivity index (χ2n) is 2.41. The standard InChI is InChI=1S/C8H18.Na.H2O.H/c1-3-5-7-8-6-4-2;;;/h3-8H2,1-2H3;;1H2;. The summed E-state index contributed by atoms with van der Waals surface area (Å²) in [5.41, 5.74) is 0. The van der Waals surface area contributed by atoms with Gasteiger partial charge in [-0.25, -0.2) is 0 Å². The Balaban J connectivity index is -0.000000245. The van der Waals surface area contributed by atoms with Crippen molar-refractivity contribution in [3.05, 3.63) is 0 Å². The van der Waals surface area contributed by atoms with Crippen LogP contribution in [0.2, 0.25) is 0 Å². The molecule has 0 fully saturated rings. The van der Waals surface area contributed by atoms with E-state index >= 15 is 0 Å². The van der Waals surface area contributed by atoms with Gasteiger partial charge in [0.15, 0.2) is 0 Å². The summed E-state index contributed by atoms with van der Waals surface area (Å²) in [5, 5.41) is 0. The van der Waals surface area contributed by atoms with E-state index in [9.17, 15) is 0 Å². The fourth-order valence-electron chi connectivity index (χ4n) is 0.854. The molecule has 0 aliphatic carbocycles. The van der Waals surface area contributed by atoms with Gasteiger partial charge in [0.2, 0.25) is 0 Å². The van der Waals surface area contributed by atoms with Gasteiger partial charge < -0.3 is 5.48 Å². The van der Waals surface area contributed by atoms with E-state index in [1.165, 1.54) is 38.5 Å². The molecule has 1 nitrogen and oxygen atoms in total. The molecule has 0 aliphatic heterocycles. The quantitative estimate of drug-likeness (QED) is 0.430. The van der Waals surface area contributed by atoms with Crippen LogP contribution in [0.5, 0.6) is 0 Å². The van der Waals surface area contributed by atoms with Gasteiger partial charge in [-0.3, -0.25) is 0 Å². The number of hydrogen-bond donors (Lipinski definition) is 0. The SMILES string of the molecule is CCCCCCCC.O.[NaH]. The molecule has 0 unspecified atom stereocenters. The van der Waals surface area contributed by atoms with Crippen molar-refractivity contribution in [2.45, 2.75) is 52.4 Å². The minimum atomic E-state index is 0. The van der Waals surface area contributed by atoms with Crippen LogP contribution in [0.3, 0.4) is 0 Å². The summed E-state index contributed by atoms with van der Waals surface area (Å²) < 4.78 is 0. The topological polar surface area (TPSA) is 31.5 Å². The summed E-state index contributed by atoms with van der Waals surface area (Å²) in [7, 11) is 0. The minimum absolute atomic E-state index is 0. The van der Waals surface area contributed by atoms with Crippen molar-refractivity contribution in [1.82, 2.24) is 0 Å². The Bertz CT molecular complexity index is 34.2. The average molecular weight is 156 g/mol. The zero-order chi connectivity index (χ0) is 6.24. The Kier molecular flexibility index (Phi) is 28.3. The molecule has 0 rings (SSSR count). The Hall–Kier alpha value is 0.960. The van der Waals surface area contributed by atoms with E-state index in [-0.39, 0.29) is 35.0 Å². The predicted molar refractivity (Wildman–Crippen MR) is 49.8 cm³/mol. The van der Waals surface area contributed by atoms with Crippen LogP contribution in [0.1, 0.15) is 52.4 Å². The maximum atomic E-state index is 2.26. The van der Waals surface area contributed by atoms with Crippen molar-refractivity contribution >= 4 is 29.6 Å². The zero-order valence-corrected chi connectivity index (χ0v) is 6.74. The number of unbranched alkanes of at least 4 members (excludes halogenated alkanes) is 5. The third-order valence-electron chi connectivity index (χ3n) is 1.46. The molecule has 0 saturated carbocycles. The molecule has 0 heterocycles. The van der Waals surface area contributed by atoms with Gasteiger partial charge >= 0.3 is 29.6 Å². The van der Waals surface area contributed by atoms with Gasteiger partial charge in [-0.15, -0.1) is 0 Å². The summed E-state index contributed by atoms with van der Waals surface area (Å²) in [6.07, 6.45) is 8.49. The van der Waals surface area contributed by atoms with E-state index in [4.69, 9.17) is 0 Å². The molecule has 60 valence electrons. The first-order valence-corrected chi connectivity index (χ1v) is 3.91. The predicted octanol–water partition coefficient (Wildman–Crippen LogP) is 1.89. The summed E-state index contributed by atoms with van der Waals surface area (Å²) in [6, 6.07) is 0. The van der Waals surface area contributed by atoms with E-state index in [0.29, 0.717) is 0 Å². The van der Waals surface area contributed by atoms with E-state index in [1.807, 2.05) is 0 Å². The third-order valence-corrected chi connectivity index (χ3v) is 1.46. The molecule has 0 atom stereocenters. The van der Waals surface area contributed by atoms with Gasteiger partial charge in [0.25, 0.3) is 0 Å². The monoisotopic (exact) mass is 156 g/mol. The average Bonchev–Trinajstić information content (AvgIpc) is 1.81. The first-order chi connectivity index (χ1) is 3.91. The van der Waals surface area contributed by atoms with Crippen LogP contribution in [-0.4, -0.2) is 35.0 Å². The molecule has 0 aromatic rings. The van der Waals surface area contributed by atoms with Crippen molar-refractivity contribution in [3.63, 3.8) is 0 Å². The second kappa shape index (κ2) is 16.5. The van der Waals surface area contributed by atoms with Crippen LogP contribution in [-0.2, 0) is 0 Å². The fraction of sp³-hybridized carbons (Fsp3) is 1.00. The molecule has 0 aromatic carbocycles. The Labute approximate surface area is 87.2 Å². The third kappa shape index (κ3) is 16.0. The molecule has 2 N–H and O–H groups in total. The van der Waals surface area contributed by atoms with Crippen molar-refractivity contribution in [3.8, 4) is 0 Å². The fourth-order valence-corrected chi connectivity index (χ4v) is 0.854. The van der Waals surface area contributed by atoms with Crippen molar-refractivity contribution < 1.29 is 5.48 Å². The number of rotatable bonds is 5. The van der Waals surface area contributed by atoms with Crippen LogP contribution in [0.25, 0.3) is 0 Å². The van der Waals surface area contributed by atoms with Crippen molar-refractivity contribution in [2.24, 2.45) is 0 Å². The van der Waals surface area contributed by atoms with Gasteiger partial charge in [-0.05, 0) is 0 Å². The van der Waals surface area contributed by atoms with Gasteiger partial charge in [-0.2, -0.15) is 0 Å². The summed E-state index contributed by atoms with van der Waals surface area (Å²) in [5.74, 6) is 0. The van der Waals surface area contributed by atoms with Gasteiger partial charge in [-0.1, -0.05) is 52.4 Å². The molecule has 0 aliphatic rings. The number of hydrogen-bond acceptors (Lipinski definition) is 0. The molecular weight excluding hydrogens is 135 g/mol. The van der Waals surface area contributed by atoms with Gasteiger partial charge in [0, 0.05) is 0 Å². The van der Waals surface area contributed by atoms with Crippen LogP contribution in [0.15, 0.2) is 0 Å². The van der Waals surface area contributed by atoms with Crippen LogP contribution < -0.4 is 0 Å². The van der Waals surface area contributed by atoms with Crippen molar-refractivity contribution in [2.75, 3.05) is 0 Å². The first-order valence-electron chi connectivity index (χ1n) is 3.91. The molecule has 0 saturated heterocycles. The van der Waals surface area contributed by atoms with Crippen LogP contribution in [0, 0.1) is 0 Å². The van der Waals surface area contributed by atoms with Crippen LogP contribution >= 0.6 is 0 Å². The first kappa shape index (κ1) is 17.2. The molecule has 0 radical (unpaired) electrons. The van der Waals surface area contributed by atoms with E-state index in [2.05, 4.69) is 13.8 Å². The normalized spacial score (nSPS) is 7.80. The molecule has 0 bridgehead atoms. The van der Waals surface area contributed by atoms with E-state index in [0.717, 1.165) is 0 Å². The molecule has 0 aromatic heterocycles. The Morgan fingerprint density at radius 1 is 0.700 bits per heavy atom. The molecule has 2 heteroatoms. The Morgan fingerprint density at radius 2 is 1.00 bits per heavy atom. The van der Waals surface area contributed by atoms with Crippen molar-refractivity contribution in [1.29, 1.82) is 0 Å². The summed E-state index contributed by atoms with van der Waals surface area (Å²) >= 11 is 0. The summed E-state index contributed by atoms with van der Waals surface area (Å²) in [4.78, 5) is 0. The molecule has 0 amide bonds. The molecule has 0 spiro atoms. The van der Waals surface area contributed by atoms with Crippen LogP contribution in [0.4, 0.5) is 0 Å². The zero-order valence-electron chi connectivity index (χ0n) is 6.74. The molecular formula is C8H21NaO. The second-order valence-corrected chi connectivity index (χ2v) is 2.41. The maximum absolute atomic E-state index is 2.26. The van der Waals surface area contributed by atoms with E-state index < -0.39 is 0 Å². The van der Waals surface area contributed by atoms with Gasteiger partial charge in [0.1, 0.15) is 0 Å². The summed E-state index contributed by atoms with van der Waals surface area (Å²) in [6.45, 7) is 4.51. The Morgan fingerprint density at radius 3 is 1.20 bits per heavy atom. The van der Waals surface area contributed by atoms with E-state index in [1.54, 1.807) is 0 Å².